The lowest BCUT2D eigenvalue weighted by atomic mass is 10.0. The summed E-state index contributed by atoms with van der Waals surface area (Å²) < 4.78 is 25.8. The van der Waals surface area contributed by atoms with E-state index >= 15 is 0 Å². The van der Waals surface area contributed by atoms with Crippen LogP contribution in [0.2, 0.25) is 0 Å². The Bertz CT molecular complexity index is 943. The predicted molar refractivity (Wildman–Crippen MR) is 94.2 cm³/mol. The van der Waals surface area contributed by atoms with Crippen LogP contribution in [0.25, 0.3) is 22.5 Å². The summed E-state index contributed by atoms with van der Waals surface area (Å²) in [5.74, 6) is 1.34. The van der Waals surface area contributed by atoms with Crippen LogP contribution in [0.1, 0.15) is 0 Å². The largest absolute Gasteiger partial charge is 0.504 e. The molecule has 27 heavy (non-hydrogen) atoms. The van der Waals surface area contributed by atoms with Gasteiger partial charge < -0.3 is 29.3 Å². The van der Waals surface area contributed by atoms with Crippen molar-refractivity contribution in [2.24, 2.45) is 0 Å². The lowest BCUT2D eigenvalue weighted by molar-refractivity contribution is -0.793. The van der Waals surface area contributed by atoms with E-state index in [9.17, 15) is 10.3 Å². The molecule has 1 aromatic heterocycles. The number of aromatic nitrogens is 2. The van der Waals surface area contributed by atoms with Crippen LogP contribution in [0.3, 0.4) is 0 Å². The Morgan fingerprint density at radius 1 is 0.889 bits per heavy atom. The van der Waals surface area contributed by atoms with E-state index in [4.69, 9.17) is 23.6 Å². The Morgan fingerprint density at radius 3 is 2.04 bits per heavy atom. The summed E-state index contributed by atoms with van der Waals surface area (Å²) in [5, 5.41) is 26.1. The first kappa shape index (κ1) is 18.2. The number of hydrogen-bond donors (Lipinski definition) is 1. The van der Waals surface area contributed by atoms with Crippen molar-refractivity contribution in [3.05, 3.63) is 35.5 Å². The summed E-state index contributed by atoms with van der Waals surface area (Å²) in [7, 11) is 5.88. The van der Waals surface area contributed by atoms with Crippen molar-refractivity contribution in [3.63, 3.8) is 0 Å². The third-order valence-corrected chi connectivity index (χ3v) is 4.00. The zero-order valence-corrected chi connectivity index (χ0v) is 15.2. The smallest absolute Gasteiger partial charge is 0.256 e. The molecule has 3 aromatic rings. The highest BCUT2D eigenvalue weighted by atomic mass is 16.8. The monoisotopic (exact) mass is 374 g/mol. The fourth-order valence-corrected chi connectivity index (χ4v) is 2.74. The third-order valence-electron chi connectivity index (χ3n) is 4.00. The van der Waals surface area contributed by atoms with Gasteiger partial charge in [0.25, 0.3) is 5.69 Å². The topological polar surface area (TPSA) is 110 Å². The van der Waals surface area contributed by atoms with E-state index < -0.39 is 0 Å². The first-order valence-electron chi connectivity index (χ1n) is 7.81. The minimum absolute atomic E-state index is 0.0914. The minimum atomic E-state index is -0.0914. The average molecular weight is 374 g/mol. The Morgan fingerprint density at radius 2 is 1.52 bits per heavy atom. The summed E-state index contributed by atoms with van der Waals surface area (Å²) in [6, 6.07) is 7.86. The van der Waals surface area contributed by atoms with Gasteiger partial charge in [-0.2, -0.15) is 0 Å². The molecule has 0 bridgehead atoms. The van der Waals surface area contributed by atoms with Crippen LogP contribution in [0, 0.1) is 5.21 Å². The number of hydrogen-bond acceptors (Lipinski definition) is 8. The fourth-order valence-electron chi connectivity index (χ4n) is 2.74. The van der Waals surface area contributed by atoms with E-state index in [2.05, 4.69) is 5.16 Å². The maximum atomic E-state index is 12.3. The second kappa shape index (κ2) is 7.32. The standard InChI is InChI=1S/C18H18N2O7/c1-23-13-6-5-10(7-12(13)21)16-17(20(22)27-19-16)11-8-14(24-2)18(26-4)15(9-11)25-3/h5-9,21H,1-4H3. The van der Waals surface area contributed by atoms with Gasteiger partial charge in [-0.25, -0.2) is 0 Å². The lowest BCUT2D eigenvalue weighted by Gasteiger charge is -2.13. The highest BCUT2D eigenvalue weighted by molar-refractivity contribution is 5.79. The molecule has 0 saturated carbocycles. The maximum absolute atomic E-state index is 12.3. The van der Waals surface area contributed by atoms with Gasteiger partial charge in [0.2, 0.25) is 11.4 Å². The molecule has 142 valence electrons. The van der Waals surface area contributed by atoms with Crippen LogP contribution in [0.5, 0.6) is 28.7 Å². The Balaban J connectivity index is 2.19. The molecule has 3 rings (SSSR count). The summed E-state index contributed by atoms with van der Waals surface area (Å²) in [6.07, 6.45) is 0. The van der Waals surface area contributed by atoms with Crippen molar-refractivity contribution >= 4 is 0 Å². The molecule has 0 aliphatic heterocycles. The summed E-state index contributed by atoms with van der Waals surface area (Å²) in [4.78, 5) is 0.275. The molecule has 0 fully saturated rings. The molecule has 0 saturated heterocycles. The molecule has 0 spiro atoms. The molecular weight excluding hydrogens is 356 g/mol. The van der Waals surface area contributed by atoms with Crippen LogP contribution >= 0.6 is 0 Å². The van der Waals surface area contributed by atoms with E-state index in [-0.39, 0.29) is 22.0 Å². The van der Waals surface area contributed by atoms with Gasteiger partial charge in [-0.05, 0) is 35.2 Å². The van der Waals surface area contributed by atoms with Crippen molar-refractivity contribution in [1.29, 1.82) is 0 Å². The van der Waals surface area contributed by atoms with Crippen molar-refractivity contribution in [2.45, 2.75) is 0 Å². The Hall–Kier alpha value is -3.62. The maximum Gasteiger partial charge on any atom is 0.256 e. The Kier molecular flexibility index (Phi) is 4.93. The van der Waals surface area contributed by atoms with Crippen molar-refractivity contribution in [3.8, 4) is 51.3 Å². The Labute approximate surface area is 154 Å². The first-order chi connectivity index (χ1) is 13.0. The zero-order chi connectivity index (χ0) is 19.6. The second-order valence-electron chi connectivity index (χ2n) is 5.43. The van der Waals surface area contributed by atoms with Gasteiger partial charge in [0.05, 0.1) is 28.4 Å². The number of phenolic OH excluding ortho intramolecular Hbond substituents is 1. The van der Waals surface area contributed by atoms with Gasteiger partial charge in [-0.15, -0.1) is 0 Å². The molecule has 9 heteroatoms. The lowest BCUT2D eigenvalue weighted by Crippen LogP contribution is -2.25. The zero-order valence-electron chi connectivity index (χ0n) is 15.2. The number of rotatable bonds is 6. The van der Waals surface area contributed by atoms with Crippen LogP contribution in [0.4, 0.5) is 0 Å². The molecule has 2 aromatic carbocycles. The molecule has 0 radical (unpaired) electrons. The molecule has 0 aliphatic carbocycles. The van der Waals surface area contributed by atoms with Gasteiger partial charge in [0.15, 0.2) is 23.0 Å². The molecule has 0 amide bonds. The van der Waals surface area contributed by atoms with Crippen LogP contribution in [0.15, 0.2) is 35.0 Å². The van der Waals surface area contributed by atoms with E-state index in [1.54, 1.807) is 24.3 Å². The average Bonchev–Trinajstić information content (AvgIpc) is 3.08. The summed E-state index contributed by atoms with van der Waals surface area (Å²) >= 11 is 0. The normalized spacial score (nSPS) is 10.5. The molecule has 0 aliphatic rings. The molecule has 1 heterocycles. The van der Waals surface area contributed by atoms with Gasteiger partial charge >= 0.3 is 0 Å². The van der Waals surface area contributed by atoms with Crippen molar-refractivity contribution < 1.29 is 33.6 Å². The number of phenols is 1. The van der Waals surface area contributed by atoms with Gasteiger partial charge in [-0.1, -0.05) is 0 Å². The van der Waals surface area contributed by atoms with Crippen molar-refractivity contribution in [1.82, 2.24) is 5.16 Å². The molecule has 0 atom stereocenters. The summed E-state index contributed by atoms with van der Waals surface area (Å²) in [5.41, 5.74) is 1.26. The fraction of sp³-hybridized carbons (Fsp3) is 0.222. The van der Waals surface area contributed by atoms with E-state index in [0.717, 1.165) is 0 Å². The van der Waals surface area contributed by atoms with Crippen LogP contribution in [-0.4, -0.2) is 38.7 Å². The summed E-state index contributed by atoms with van der Waals surface area (Å²) in [6.45, 7) is 0. The molecule has 0 unspecified atom stereocenters. The second-order valence-corrected chi connectivity index (χ2v) is 5.43. The van der Waals surface area contributed by atoms with Gasteiger partial charge in [0, 0.05) is 16.3 Å². The van der Waals surface area contributed by atoms with Gasteiger partial charge in [0.1, 0.15) is 0 Å². The van der Waals surface area contributed by atoms with E-state index in [1.807, 2.05) is 0 Å². The number of ether oxygens (including phenoxy) is 4. The van der Waals surface area contributed by atoms with Crippen molar-refractivity contribution in [2.75, 3.05) is 28.4 Å². The number of nitrogens with zero attached hydrogens (tertiary/aromatic N) is 2. The van der Waals surface area contributed by atoms with Crippen LogP contribution in [-0.2, 0) is 0 Å². The third kappa shape index (κ3) is 3.14. The number of methoxy groups -OCH3 is 4. The SMILES string of the molecule is COc1ccc(-c2no[n+]([O-])c2-c2cc(OC)c(OC)c(OC)c2)cc1O. The van der Waals surface area contributed by atoms with E-state index in [0.29, 0.717) is 34.1 Å². The molecule has 1 N–H and O–H groups in total. The van der Waals surface area contributed by atoms with Gasteiger partial charge in [-0.3, -0.25) is 4.63 Å². The number of aromatic hydroxyl groups is 1. The minimum Gasteiger partial charge on any atom is -0.504 e. The van der Waals surface area contributed by atoms with Crippen LogP contribution < -0.4 is 23.9 Å². The highest BCUT2D eigenvalue weighted by Gasteiger charge is 2.26. The number of benzene rings is 2. The first-order valence-corrected chi connectivity index (χ1v) is 7.81. The quantitative estimate of drug-likeness (QED) is 0.655. The predicted octanol–water partition coefficient (Wildman–Crippen LogP) is 2.38. The molecule has 9 nitrogen and oxygen atoms in total. The molecular formula is C18H18N2O7. The highest BCUT2D eigenvalue weighted by Crippen LogP contribution is 2.42. The van der Waals surface area contributed by atoms with E-state index in [1.165, 1.54) is 34.5 Å².